The molecule has 4 nitrogen and oxygen atoms in total. The topological polar surface area (TPSA) is 64.2 Å². The average molecular weight is 164 g/mol. The van der Waals surface area contributed by atoms with Crippen molar-refractivity contribution in [2.45, 2.75) is 6.42 Å². The summed E-state index contributed by atoms with van der Waals surface area (Å²) in [7, 11) is 0. The number of carbonyl (C=O) groups is 1. The molecule has 0 aromatic carbocycles. The Morgan fingerprint density at radius 1 is 1.80 bits per heavy atom. The van der Waals surface area contributed by atoms with Crippen LogP contribution in [0.2, 0.25) is 0 Å². The van der Waals surface area contributed by atoms with Crippen LogP contribution in [0, 0.1) is 5.53 Å². The predicted molar refractivity (Wildman–Crippen MR) is 35.3 cm³/mol. The van der Waals surface area contributed by atoms with Gasteiger partial charge in [-0.25, -0.2) is 4.79 Å². The lowest BCUT2D eigenvalue weighted by molar-refractivity contribution is -0.148. The summed E-state index contributed by atoms with van der Waals surface area (Å²) in [5.41, 5.74) is 6.26. The van der Waals surface area contributed by atoms with Crippen LogP contribution in [-0.2, 0) is 9.53 Å². The van der Waals surface area contributed by atoms with Gasteiger partial charge in [0, 0.05) is 5.88 Å². The number of carbonyl (C=O) groups excluding carboxylic acids is 1. The minimum atomic E-state index is -0.597. The van der Waals surface area contributed by atoms with Gasteiger partial charge in [0.1, 0.15) is 0 Å². The second kappa shape index (κ2) is 6.26. The molecule has 5 heteroatoms. The number of halogens is 1. The minimum absolute atomic E-state index is 0.286. The van der Waals surface area contributed by atoms with Crippen molar-refractivity contribution in [2.75, 3.05) is 12.5 Å². The van der Waals surface area contributed by atoms with Gasteiger partial charge in [0.2, 0.25) is 0 Å². The van der Waals surface area contributed by atoms with Crippen LogP contribution in [0.1, 0.15) is 6.42 Å². The number of hydrogen-bond acceptors (Lipinski definition) is 3. The smallest absolute Gasteiger partial charge is 0.418 e. The fourth-order valence-electron chi connectivity index (χ4n) is 0.317. The number of hydrogen-bond donors (Lipinski definition) is 1. The van der Waals surface area contributed by atoms with Crippen LogP contribution in [0.5, 0.6) is 0 Å². The molecule has 0 saturated carbocycles. The second-order valence-electron chi connectivity index (χ2n) is 1.47. The Morgan fingerprint density at radius 2 is 2.50 bits per heavy atom. The van der Waals surface area contributed by atoms with Crippen molar-refractivity contribution in [1.29, 1.82) is 5.53 Å². The molecule has 1 N–H and O–H groups in total. The number of nitrogens with zero attached hydrogens (tertiary/aromatic N) is 1. The molecule has 0 spiro atoms. The first kappa shape index (κ1) is 9.14. The Hall–Kier alpha value is -0.860. The zero-order chi connectivity index (χ0) is 7.82. The van der Waals surface area contributed by atoms with Crippen molar-refractivity contribution in [2.24, 2.45) is 0 Å². The summed E-state index contributed by atoms with van der Waals surface area (Å²) in [5, 5.41) is 0. The molecule has 0 fully saturated rings. The number of esters is 1. The molecule has 0 aromatic heterocycles. The number of nitrogens with one attached hydrogen (secondary N) is 1. The quantitative estimate of drug-likeness (QED) is 0.164. The number of rotatable bonds is 4. The molecule has 56 valence electrons. The Kier molecular flexibility index (Phi) is 5.72. The maximum absolute atomic E-state index is 10.4. The maximum Gasteiger partial charge on any atom is 0.418 e. The van der Waals surface area contributed by atoms with Gasteiger partial charge < -0.3 is 4.74 Å². The first-order valence-corrected chi connectivity index (χ1v) is 3.27. The summed E-state index contributed by atoms with van der Waals surface area (Å²) in [5.74, 6) is -0.134. The summed E-state index contributed by atoms with van der Waals surface area (Å²) in [6, 6.07) is 0. The lowest BCUT2D eigenvalue weighted by Crippen LogP contribution is -2.07. The molecule has 0 atom stereocenters. The van der Waals surface area contributed by atoms with Gasteiger partial charge in [-0.15, -0.1) is 11.6 Å². The molecule has 0 radical (unpaired) electrons. The van der Waals surface area contributed by atoms with Crippen molar-refractivity contribution < 1.29 is 14.3 Å². The highest BCUT2D eigenvalue weighted by Crippen LogP contribution is 1.85. The SMILES string of the molecule is N=[N+]=CC(=O)OCCCCl. The van der Waals surface area contributed by atoms with E-state index in [-0.39, 0.29) is 6.61 Å². The van der Waals surface area contributed by atoms with Gasteiger partial charge in [-0.2, -0.15) is 0 Å². The second-order valence-corrected chi connectivity index (χ2v) is 1.85. The molecule has 0 rings (SSSR count). The van der Waals surface area contributed by atoms with E-state index in [1.54, 1.807) is 0 Å². The summed E-state index contributed by atoms with van der Waals surface area (Å²) >= 11 is 5.30. The molecular formula is C5H8ClN2O2+. The van der Waals surface area contributed by atoms with Crippen molar-refractivity contribution in [3.63, 3.8) is 0 Å². The van der Waals surface area contributed by atoms with Crippen molar-refractivity contribution in [1.82, 2.24) is 0 Å². The van der Waals surface area contributed by atoms with Crippen molar-refractivity contribution in [3.05, 3.63) is 0 Å². The van der Waals surface area contributed by atoms with E-state index in [1.807, 2.05) is 0 Å². The fraction of sp³-hybridized carbons (Fsp3) is 0.600. The molecule has 0 unspecified atom stereocenters. The largest absolute Gasteiger partial charge is 0.457 e. The highest BCUT2D eigenvalue weighted by molar-refractivity contribution is 6.20. The molecule has 10 heavy (non-hydrogen) atoms. The zero-order valence-electron chi connectivity index (χ0n) is 5.34. The summed E-state index contributed by atoms with van der Waals surface area (Å²) in [6.07, 6.45) is 1.42. The lowest BCUT2D eigenvalue weighted by Gasteiger charge is -1.93. The number of ether oxygens (including phenoxy) is 1. The van der Waals surface area contributed by atoms with Crippen LogP contribution >= 0.6 is 11.6 Å². The molecule has 0 saturated heterocycles. The van der Waals surface area contributed by atoms with Gasteiger partial charge >= 0.3 is 12.2 Å². The zero-order valence-corrected chi connectivity index (χ0v) is 6.10. The first-order chi connectivity index (χ1) is 4.81. The molecule has 0 bridgehead atoms. The maximum atomic E-state index is 10.4. The molecule has 0 aliphatic rings. The molecule has 0 aliphatic heterocycles. The van der Waals surface area contributed by atoms with E-state index in [9.17, 15) is 4.79 Å². The van der Waals surface area contributed by atoms with Gasteiger partial charge in [0.05, 0.1) is 16.9 Å². The van der Waals surface area contributed by atoms with Crippen molar-refractivity contribution >= 4 is 23.8 Å². The van der Waals surface area contributed by atoms with Crippen LogP contribution in [0.3, 0.4) is 0 Å². The van der Waals surface area contributed by atoms with E-state index in [2.05, 4.69) is 9.53 Å². The minimum Gasteiger partial charge on any atom is -0.457 e. The van der Waals surface area contributed by atoms with Crippen LogP contribution in [0.15, 0.2) is 0 Å². The van der Waals surface area contributed by atoms with Crippen LogP contribution < -0.4 is 0 Å². The van der Waals surface area contributed by atoms with E-state index in [0.29, 0.717) is 12.3 Å². The monoisotopic (exact) mass is 163 g/mol. The summed E-state index contributed by atoms with van der Waals surface area (Å²) in [4.78, 5) is 13.1. The molecule has 0 heterocycles. The standard InChI is InChI=1S/C5H8ClN2O2/c6-2-1-3-10-5(9)4-8-7/h4,7H,1-3H2/q+1. The van der Waals surface area contributed by atoms with E-state index < -0.39 is 5.97 Å². The van der Waals surface area contributed by atoms with Gasteiger partial charge in [-0.05, 0) is 6.42 Å². The molecule has 0 amide bonds. The van der Waals surface area contributed by atoms with E-state index >= 15 is 0 Å². The first-order valence-electron chi connectivity index (χ1n) is 2.73. The summed E-state index contributed by atoms with van der Waals surface area (Å²) < 4.78 is 4.53. The predicted octanol–water partition coefficient (Wildman–Crippen LogP) is 0.468. The Morgan fingerprint density at radius 3 is 3.00 bits per heavy atom. The van der Waals surface area contributed by atoms with Gasteiger partial charge in [0.15, 0.2) is 0 Å². The van der Waals surface area contributed by atoms with Crippen LogP contribution in [-0.4, -0.2) is 29.5 Å². The van der Waals surface area contributed by atoms with Crippen molar-refractivity contribution in [3.8, 4) is 0 Å². The third-order valence-corrected chi connectivity index (χ3v) is 0.960. The Bertz CT molecular complexity index is 154. The molecule has 0 aromatic rings. The van der Waals surface area contributed by atoms with E-state index in [1.165, 1.54) is 0 Å². The molecular weight excluding hydrogens is 156 g/mol. The third kappa shape index (κ3) is 5.28. The lowest BCUT2D eigenvalue weighted by atomic mass is 10.5. The molecule has 0 aliphatic carbocycles. The van der Waals surface area contributed by atoms with Crippen LogP contribution in [0.25, 0.3) is 0 Å². The Balaban J connectivity index is 3.31. The van der Waals surface area contributed by atoms with Gasteiger partial charge in [-0.1, -0.05) is 0 Å². The number of alkyl halides is 1. The highest BCUT2D eigenvalue weighted by Gasteiger charge is 2.02. The van der Waals surface area contributed by atoms with Gasteiger partial charge in [0.25, 0.3) is 0 Å². The van der Waals surface area contributed by atoms with E-state index in [4.69, 9.17) is 17.1 Å². The van der Waals surface area contributed by atoms with Gasteiger partial charge in [-0.3, -0.25) is 0 Å². The highest BCUT2D eigenvalue weighted by atomic mass is 35.5. The summed E-state index contributed by atoms with van der Waals surface area (Å²) in [6.45, 7) is 0.286. The van der Waals surface area contributed by atoms with Crippen LogP contribution in [0.4, 0.5) is 0 Å². The third-order valence-electron chi connectivity index (χ3n) is 0.692. The fourth-order valence-corrected chi connectivity index (χ4v) is 0.426. The normalized spacial score (nSPS) is 8.10. The Labute approximate surface area is 63.4 Å². The average Bonchev–Trinajstić information content (AvgIpc) is 1.89. The van der Waals surface area contributed by atoms with E-state index in [0.717, 1.165) is 6.21 Å².